The van der Waals surface area contributed by atoms with Gasteiger partial charge in [-0.1, -0.05) is 202 Å². The minimum absolute atomic E-state index is 0.199. The molecule has 0 amide bonds. The Bertz CT molecular complexity index is 3600. The van der Waals surface area contributed by atoms with Gasteiger partial charge in [0.2, 0.25) is 0 Å². The molecule has 0 bridgehead atoms. The molecule has 0 N–H and O–H groups in total. The van der Waals surface area contributed by atoms with Crippen LogP contribution in [0.5, 0.6) is 0 Å². The number of rotatable bonds is 6. The summed E-state index contributed by atoms with van der Waals surface area (Å²) in [7, 11) is 0. The van der Waals surface area contributed by atoms with E-state index in [-0.39, 0.29) is 5.41 Å². The van der Waals surface area contributed by atoms with Crippen LogP contribution in [0.2, 0.25) is 0 Å². The van der Waals surface area contributed by atoms with E-state index in [1.54, 1.807) is 0 Å². The molecule has 2 heteroatoms. The summed E-state index contributed by atoms with van der Waals surface area (Å²) in [5.74, 6) is 0. The molecule has 10 aromatic carbocycles. The number of furan rings is 1. The number of fused-ring (bicyclic) bond motifs is 11. The lowest BCUT2D eigenvalue weighted by Crippen LogP contribution is -2.28. The third-order valence-electron chi connectivity index (χ3n) is 14.3. The number of hydrogen-bond acceptors (Lipinski definition) is 2. The van der Waals surface area contributed by atoms with Gasteiger partial charge in [0.15, 0.2) is 5.58 Å². The molecule has 0 atom stereocenters. The standard InChI is InChI=1S/C62H43NO/c1-61(2)54-28-16-14-26-48(54)50-34-31-44(38-56(50)61)63(58-46(40-18-6-3-7-19-40)36-37-53-52-33-30-41-20-12-13-25-47(41)59(52)64-60(53)58)45-32-35-51-49-27-15-17-29-55(49)62(57(51)39-45,42-21-8-4-9-22-42)43-23-10-5-11-24-43/h3-39H,1-2H3. The summed E-state index contributed by atoms with van der Waals surface area (Å²) >= 11 is 0. The zero-order valence-electron chi connectivity index (χ0n) is 35.7. The molecule has 64 heavy (non-hydrogen) atoms. The molecule has 0 fully saturated rings. The van der Waals surface area contributed by atoms with Crippen molar-refractivity contribution >= 4 is 49.8 Å². The van der Waals surface area contributed by atoms with Gasteiger partial charge < -0.3 is 9.32 Å². The number of benzene rings is 10. The van der Waals surface area contributed by atoms with Gasteiger partial charge >= 0.3 is 0 Å². The second-order valence-electron chi connectivity index (χ2n) is 18.0. The lowest BCUT2D eigenvalue weighted by atomic mass is 9.67. The van der Waals surface area contributed by atoms with Crippen molar-refractivity contribution in [1.29, 1.82) is 0 Å². The Hall–Kier alpha value is -7.94. The highest BCUT2D eigenvalue weighted by Crippen LogP contribution is 2.59. The van der Waals surface area contributed by atoms with Gasteiger partial charge in [-0.25, -0.2) is 0 Å². The zero-order chi connectivity index (χ0) is 42.6. The van der Waals surface area contributed by atoms with Crippen LogP contribution in [0.1, 0.15) is 47.2 Å². The third-order valence-corrected chi connectivity index (χ3v) is 14.3. The topological polar surface area (TPSA) is 16.4 Å². The predicted molar refractivity (Wildman–Crippen MR) is 266 cm³/mol. The van der Waals surface area contributed by atoms with Crippen molar-refractivity contribution in [3.8, 4) is 33.4 Å². The zero-order valence-corrected chi connectivity index (χ0v) is 35.7. The maximum Gasteiger partial charge on any atom is 0.160 e. The van der Waals surface area contributed by atoms with Crippen molar-refractivity contribution < 1.29 is 4.42 Å². The lowest BCUT2D eigenvalue weighted by Gasteiger charge is -2.35. The molecule has 0 saturated carbocycles. The summed E-state index contributed by atoms with van der Waals surface area (Å²) in [5, 5.41) is 4.47. The first-order valence-electron chi connectivity index (χ1n) is 22.3. The number of anilines is 3. The summed E-state index contributed by atoms with van der Waals surface area (Å²) in [4.78, 5) is 2.50. The second-order valence-corrected chi connectivity index (χ2v) is 18.0. The van der Waals surface area contributed by atoms with E-state index in [0.29, 0.717) is 0 Å². The number of nitrogens with zero attached hydrogens (tertiary/aromatic N) is 1. The highest BCUT2D eigenvalue weighted by Gasteiger charge is 2.46. The van der Waals surface area contributed by atoms with Crippen molar-refractivity contribution in [3.05, 3.63) is 258 Å². The van der Waals surface area contributed by atoms with Gasteiger partial charge in [0.1, 0.15) is 5.58 Å². The highest BCUT2D eigenvalue weighted by atomic mass is 16.3. The number of hydrogen-bond donors (Lipinski definition) is 0. The second kappa shape index (κ2) is 13.8. The molecule has 0 radical (unpaired) electrons. The van der Waals surface area contributed by atoms with Crippen LogP contribution in [0.15, 0.2) is 229 Å². The Morgan fingerprint density at radius 3 is 1.56 bits per heavy atom. The molecule has 0 unspecified atom stereocenters. The normalized spacial score (nSPS) is 14.0. The lowest BCUT2D eigenvalue weighted by molar-refractivity contribution is 0.660. The van der Waals surface area contributed by atoms with Crippen LogP contribution < -0.4 is 4.90 Å². The van der Waals surface area contributed by atoms with Gasteiger partial charge in [-0.2, -0.15) is 0 Å². The van der Waals surface area contributed by atoms with E-state index < -0.39 is 5.41 Å². The highest BCUT2D eigenvalue weighted by molar-refractivity contribution is 6.19. The molecule has 302 valence electrons. The minimum atomic E-state index is -0.565. The largest absolute Gasteiger partial charge is 0.453 e. The molecular weight excluding hydrogens is 775 g/mol. The van der Waals surface area contributed by atoms with E-state index in [1.807, 2.05) is 0 Å². The maximum atomic E-state index is 7.35. The van der Waals surface area contributed by atoms with Crippen LogP contribution >= 0.6 is 0 Å². The summed E-state index contributed by atoms with van der Waals surface area (Å²) in [6.07, 6.45) is 0. The third kappa shape index (κ3) is 5.08. The van der Waals surface area contributed by atoms with E-state index in [9.17, 15) is 0 Å². The van der Waals surface area contributed by atoms with Gasteiger partial charge in [0.05, 0.1) is 11.1 Å². The quantitative estimate of drug-likeness (QED) is 0.166. The monoisotopic (exact) mass is 817 g/mol. The first kappa shape index (κ1) is 36.7. The van der Waals surface area contributed by atoms with E-state index >= 15 is 0 Å². The van der Waals surface area contributed by atoms with Crippen LogP contribution in [0.25, 0.3) is 66.1 Å². The van der Waals surface area contributed by atoms with E-state index in [0.717, 1.165) is 60.9 Å². The van der Waals surface area contributed by atoms with Crippen LogP contribution in [-0.2, 0) is 10.8 Å². The fraction of sp³-hybridized carbons (Fsp3) is 0.0645. The van der Waals surface area contributed by atoms with Crippen molar-refractivity contribution in [2.75, 3.05) is 4.90 Å². The Labute approximate surface area is 373 Å². The summed E-state index contributed by atoms with van der Waals surface area (Å²) in [5.41, 5.74) is 19.2. The summed E-state index contributed by atoms with van der Waals surface area (Å²) < 4.78 is 7.35. The smallest absolute Gasteiger partial charge is 0.160 e. The Balaban J connectivity index is 1.16. The van der Waals surface area contributed by atoms with Crippen molar-refractivity contribution in [3.63, 3.8) is 0 Å². The van der Waals surface area contributed by atoms with Crippen LogP contribution in [-0.4, -0.2) is 0 Å². The van der Waals surface area contributed by atoms with Gasteiger partial charge in [-0.3, -0.25) is 0 Å². The van der Waals surface area contributed by atoms with Gasteiger partial charge in [-0.15, -0.1) is 0 Å². The van der Waals surface area contributed by atoms with Gasteiger partial charge in [0.25, 0.3) is 0 Å². The van der Waals surface area contributed by atoms with Gasteiger partial charge in [-0.05, 0) is 103 Å². The Kier molecular flexibility index (Phi) is 7.90. The maximum absolute atomic E-state index is 7.35. The van der Waals surface area contributed by atoms with Crippen molar-refractivity contribution in [1.82, 2.24) is 0 Å². The molecular formula is C62H43NO. The average Bonchev–Trinajstić information content (AvgIpc) is 3.96. The minimum Gasteiger partial charge on any atom is -0.453 e. The van der Waals surface area contributed by atoms with E-state index in [4.69, 9.17) is 4.42 Å². The van der Waals surface area contributed by atoms with Crippen LogP contribution in [0.3, 0.4) is 0 Å². The molecule has 2 nitrogen and oxygen atoms in total. The van der Waals surface area contributed by atoms with E-state index in [2.05, 4.69) is 243 Å². The molecule has 2 aliphatic rings. The first-order chi connectivity index (χ1) is 31.5. The fourth-order valence-corrected chi connectivity index (χ4v) is 11.4. The Morgan fingerprint density at radius 2 is 0.859 bits per heavy atom. The average molecular weight is 818 g/mol. The molecule has 2 aliphatic carbocycles. The summed E-state index contributed by atoms with van der Waals surface area (Å²) in [6, 6.07) is 82.8. The van der Waals surface area contributed by atoms with Crippen LogP contribution in [0, 0.1) is 0 Å². The van der Waals surface area contributed by atoms with Crippen LogP contribution in [0.4, 0.5) is 17.1 Å². The van der Waals surface area contributed by atoms with Gasteiger partial charge in [0, 0.05) is 38.5 Å². The molecule has 0 spiro atoms. The fourth-order valence-electron chi connectivity index (χ4n) is 11.4. The van der Waals surface area contributed by atoms with Crippen molar-refractivity contribution in [2.45, 2.75) is 24.7 Å². The molecule has 13 rings (SSSR count). The summed E-state index contributed by atoms with van der Waals surface area (Å²) in [6.45, 7) is 4.74. The first-order valence-corrected chi connectivity index (χ1v) is 22.3. The van der Waals surface area contributed by atoms with E-state index in [1.165, 1.54) is 55.6 Å². The molecule has 1 aromatic heterocycles. The van der Waals surface area contributed by atoms with Crippen molar-refractivity contribution in [2.24, 2.45) is 0 Å². The molecule has 0 aliphatic heterocycles. The SMILES string of the molecule is CC1(C)c2ccccc2-c2ccc(N(c3ccc4c(c3)C(c3ccccc3)(c3ccccc3)c3ccccc3-4)c3c(-c4ccccc4)ccc4c3oc3c5ccccc5ccc43)cc21. The Morgan fingerprint density at radius 1 is 0.359 bits per heavy atom. The molecule has 1 heterocycles. The predicted octanol–water partition coefficient (Wildman–Crippen LogP) is 16.5. The molecule has 0 saturated heterocycles. The molecule has 11 aromatic rings.